The Labute approximate surface area is 142 Å². The van der Waals surface area contributed by atoms with E-state index in [0.717, 1.165) is 5.56 Å². The third-order valence-corrected chi connectivity index (χ3v) is 3.61. The molecule has 2 amide bonds. The number of fused-ring (bicyclic) bond motifs is 1. The van der Waals surface area contributed by atoms with E-state index >= 15 is 0 Å². The zero-order valence-corrected chi connectivity index (χ0v) is 13.0. The Morgan fingerprint density at radius 1 is 1.20 bits per heavy atom. The number of hydrazine groups is 1. The minimum absolute atomic E-state index is 0.0437. The molecule has 0 spiro atoms. The van der Waals surface area contributed by atoms with E-state index < -0.39 is 6.03 Å². The fourth-order valence-corrected chi connectivity index (χ4v) is 2.48. The first kappa shape index (κ1) is 15.0. The van der Waals surface area contributed by atoms with Crippen molar-refractivity contribution in [3.8, 4) is 11.5 Å². The standard InChI is InChI=1S/C16H14N7O2/c17-15-19-12(11-7-4-8-25-11)13-14(20-15)21-22-23(13)16(24)18-9-10-5-2-1-3-6-10/h1-8,22H,9H2,(H,18,24)(H2,17,19,20). The van der Waals surface area contributed by atoms with Gasteiger partial charge in [-0.1, -0.05) is 30.3 Å². The molecule has 0 saturated heterocycles. The minimum atomic E-state index is -0.396. The molecule has 1 radical (unpaired) electrons. The predicted molar refractivity (Wildman–Crippen MR) is 90.2 cm³/mol. The van der Waals surface area contributed by atoms with Crippen molar-refractivity contribution >= 4 is 23.5 Å². The smallest absolute Gasteiger partial charge is 0.338 e. The minimum Gasteiger partial charge on any atom is -0.463 e. The van der Waals surface area contributed by atoms with Crippen LogP contribution in [0.5, 0.6) is 0 Å². The summed E-state index contributed by atoms with van der Waals surface area (Å²) in [5, 5.41) is 4.05. The zero-order valence-electron chi connectivity index (χ0n) is 13.0. The SMILES string of the molecule is Nc1nc2c(c(-c3ccco3)n1)N(C(=O)NCc1ccccc1)N[N]2. The van der Waals surface area contributed by atoms with Crippen molar-refractivity contribution in [3.63, 3.8) is 0 Å². The first-order chi connectivity index (χ1) is 12.2. The lowest BCUT2D eigenvalue weighted by Gasteiger charge is -2.17. The van der Waals surface area contributed by atoms with Gasteiger partial charge in [0.1, 0.15) is 11.4 Å². The topological polar surface area (TPSA) is 123 Å². The Bertz CT molecular complexity index is 896. The average Bonchev–Trinajstić information content (AvgIpc) is 3.29. The van der Waals surface area contributed by atoms with E-state index in [0.29, 0.717) is 23.7 Å². The maximum Gasteiger partial charge on any atom is 0.338 e. The van der Waals surface area contributed by atoms with Crippen molar-refractivity contribution < 1.29 is 9.21 Å². The third kappa shape index (κ3) is 2.83. The monoisotopic (exact) mass is 336 g/mol. The van der Waals surface area contributed by atoms with Crippen molar-refractivity contribution in [2.24, 2.45) is 0 Å². The molecular weight excluding hydrogens is 322 g/mol. The van der Waals surface area contributed by atoms with Crippen LogP contribution < -0.4 is 27.0 Å². The number of benzene rings is 1. The number of carbonyl (C=O) groups is 1. The number of nitrogens with one attached hydrogen (secondary N) is 2. The number of carbonyl (C=O) groups excluding carboxylic acids is 1. The number of anilines is 2. The first-order valence-corrected chi connectivity index (χ1v) is 7.52. The molecule has 0 fully saturated rings. The highest BCUT2D eigenvalue weighted by Gasteiger charge is 2.33. The molecule has 1 aliphatic heterocycles. The summed E-state index contributed by atoms with van der Waals surface area (Å²) in [7, 11) is 0. The van der Waals surface area contributed by atoms with Crippen molar-refractivity contribution in [1.82, 2.24) is 26.2 Å². The molecule has 125 valence electrons. The first-order valence-electron chi connectivity index (χ1n) is 7.52. The second-order valence-corrected chi connectivity index (χ2v) is 5.27. The second kappa shape index (κ2) is 6.13. The fourth-order valence-electron chi connectivity index (χ4n) is 2.48. The van der Waals surface area contributed by atoms with E-state index in [1.807, 2.05) is 30.3 Å². The van der Waals surface area contributed by atoms with Crippen molar-refractivity contribution in [3.05, 3.63) is 54.3 Å². The highest BCUT2D eigenvalue weighted by atomic mass is 16.3. The van der Waals surface area contributed by atoms with Gasteiger partial charge in [-0.3, -0.25) is 0 Å². The summed E-state index contributed by atoms with van der Waals surface area (Å²) >= 11 is 0. The van der Waals surface area contributed by atoms with Crippen LogP contribution >= 0.6 is 0 Å². The van der Waals surface area contributed by atoms with Crippen LogP contribution in [0.1, 0.15) is 5.56 Å². The molecule has 9 nitrogen and oxygen atoms in total. The lowest BCUT2D eigenvalue weighted by atomic mass is 10.2. The van der Waals surface area contributed by atoms with E-state index in [1.54, 1.807) is 12.1 Å². The van der Waals surface area contributed by atoms with Gasteiger partial charge < -0.3 is 15.5 Å². The highest BCUT2D eigenvalue weighted by molar-refractivity contribution is 5.99. The van der Waals surface area contributed by atoms with Gasteiger partial charge in [-0.05, 0) is 17.7 Å². The Balaban J connectivity index is 1.61. The van der Waals surface area contributed by atoms with Crippen molar-refractivity contribution in [2.75, 3.05) is 10.7 Å². The van der Waals surface area contributed by atoms with E-state index in [9.17, 15) is 4.79 Å². The van der Waals surface area contributed by atoms with Crippen LogP contribution in [0.2, 0.25) is 0 Å². The van der Waals surface area contributed by atoms with Gasteiger partial charge >= 0.3 is 6.03 Å². The molecule has 1 aliphatic rings. The van der Waals surface area contributed by atoms with Gasteiger partial charge in [0.15, 0.2) is 11.6 Å². The predicted octanol–water partition coefficient (Wildman–Crippen LogP) is 1.70. The normalized spacial score (nSPS) is 12.6. The quantitative estimate of drug-likeness (QED) is 0.669. The number of aromatic nitrogens is 2. The van der Waals surface area contributed by atoms with Crippen LogP contribution in [0.25, 0.3) is 11.5 Å². The average molecular weight is 336 g/mol. The molecule has 0 aliphatic carbocycles. The zero-order chi connectivity index (χ0) is 17.2. The number of hydrogen-bond donors (Lipinski definition) is 3. The maximum atomic E-state index is 12.6. The number of nitrogens with zero attached hydrogens (tertiary/aromatic N) is 4. The van der Waals surface area contributed by atoms with Crippen LogP contribution in [0.4, 0.5) is 22.2 Å². The molecule has 0 atom stereocenters. The molecule has 2 aromatic heterocycles. The Morgan fingerprint density at radius 3 is 2.80 bits per heavy atom. The molecular formula is C16H14N7O2. The number of nitrogen functional groups attached to an aromatic ring is 1. The Kier molecular flexibility index (Phi) is 3.67. The number of rotatable bonds is 3. The Hall–Kier alpha value is -3.59. The lowest BCUT2D eigenvalue weighted by Crippen LogP contribution is -2.46. The number of amides is 2. The van der Waals surface area contributed by atoms with Gasteiger partial charge in [0.25, 0.3) is 0 Å². The molecule has 3 aromatic rings. The molecule has 0 unspecified atom stereocenters. The van der Waals surface area contributed by atoms with E-state index in [1.165, 1.54) is 11.3 Å². The van der Waals surface area contributed by atoms with Crippen LogP contribution in [-0.4, -0.2) is 16.0 Å². The van der Waals surface area contributed by atoms with Crippen LogP contribution in [0.3, 0.4) is 0 Å². The summed E-state index contributed by atoms with van der Waals surface area (Å²) in [6, 6.07) is 12.6. The van der Waals surface area contributed by atoms with E-state index in [-0.39, 0.29) is 11.8 Å². The summed E-state index contributed by atoms with van der Waals surface area (Å²) in [6.07, 6.45) is 1.51. The molecule has 0 bridgehead atoms. The molecule has 3 heterocycles. The van der Waals surface area contributed by atoms with Crippen LogP contribution in [0.15, 0.2) is 53.1 Å². The van der Waals surface area contributed by atoms with Gasteiger partial charge in [-0.25, -0.2) is 14.8 Å². The van der Waals surface area contributed by atoms with Crippen LogP contribution in [-0.2, 0) is 6.54 Å². The van der Waals surface area contributed by atoms with Gasteiger partial charge in [0.05, 0.1) is 6.26 Å². The molecule has 25 heavy (non-hydrogen) atoms. The molecule has 4 N–H and O–H groups in total. The molecule has 1 aromatic carbocycles. The molecule has 9 heteroatoms. The van der Waals surface area contributed by atoms with Crippen LogP contribution in [0, 0.1) is 0 Å². The lowest BCUT2D eigenvalue weighted by molar-refractivity contribution is 0.243. The summed E-state index contributed by atoms with van der Waals surface area (Å²) in [5.74, 6) is 0.779. The number of hydrogen-bond acceptors (Lipinski definition) is 6. The summed E-state index contributed by atoms with van der Waals surface area (Å²) in [5.41, 5.74) is 14.1. The van der Waals surface area contributed by atoms with Crippen molar-refractivity contribution in [1.29, 1.82) is 0 Å². The molecule has 4 rings (SSSR count). The summed E-state index contributed by atoms with van der Waals surface area (Å²) in [4.78, 5) is 20.8. The second-order valence-electron chi connectivity index (χ2n) is 5.27. The number of urea groups is 1. The number of furan rings is 1. The highest BCUT2D eigenvalue weighted by Crippen LogP contribution is 2.37. The third-order valence-electron chi connectivity index (χ3n) is 3.61. The van der Waals surface area contributed by atoms with E-state index in [2.05, 4.69) is 26.2 Å². The Morgan fingerprint density at radius 2 is 2.04 bits per heavy atom. The fraction of sp³-hybridized carbons (Fsp3) is 0.0625. The van der Waals surface area contributed by atoms with Gasteiger partial charge in [0, 0.05) is 6.54 Å². The van der Waals surface area contributed by atoms with E-state index in [4.69, 9.17) is 10.2 Å². The van der Waals surface area contributed by atoms with Crippen molar-refractivity contribution in [2.45, 2.75) is 6.54 Å². The maximum absolute atomic E-state index is 12.6. The molecule has 0 saturated carbocycles. The largest absolute Gasteiger partial charge is 0.463 e. The summed E-state index contributed by atoms with van der Waals surface area (Å²) in [6.45, 7) is 0.374. The van der Waals surface area contributed by atoms with Gasteiger partial charge in [-0.2, -0.15) is 10.4 Å². The number of nitrogens with two attached hydrogens (primary N) is 1. The summed E-state index contributed by atoms with van der Waals surface area (Å²) < 4.78 is 5.38. The van der Waals surface area contributed by atoms with Gasteiger partial charge in [0.2, 0.25) is 5.95 Å². The van der Waals surface area contributed by atoms with Gasteiger partial charge in [-0.15, -0.1) is 5.53 Å².